The van der Waals surface area contributed by atoms with Gasteiger partial charge in [-0.25, -0.2) is 0 Å². The van der Waals surface area contributed by atoms with Gasteiger partial charge in [0.1, 0.15) is 0 Å². The van der Waals surface area contributed by atoms with Gasteiger partial charge < -0.3 is 4.74 Å². The molecule has 0 spiro atoms. The molecule has 1 aliphatic rings. The van der Waals surface area contributed by atoms with Crippen LogP contribution in [0.5, 0.6) is 0 Å². The zero-order valence-corrected chi connectivity index (χ0v) is 12.9. The highest BCUT2D eigenvalue weighted by Crippen LogP contribution is 2.42. The maximum absolute atomic E-state index is 5.91. The third-order valence-corrected chi connectivity index (χ3v) is 6.80. The number of benzene rings is 1. The fourth-order valence-electron chi connectivity index (χ4n) is 2.01. The summed E-state index contributed by atoms with van der Waals surface area (Å²) in [5, 5.41) is 0. The first-order valence-electron chi connectivity index (χ1n) is 6.53. The minimum Gasteiger partial charge on any atom is -0.376 e. The van der Waals surface area contributed by atoms with E-state index in [0.29, 0.717) is 4.58 Å². The molecule has 0 radical (unpaired) electrons. The van der Waals surface area contributed by atoms with Gasteiger partial charge in [0.05, 0.1) is 17.8 Å². The van der Waals surface area contributed by atoms with Crippen molar-refractivity contribution in [2.75, 3.05) is 18.1 Å². The Morgan fingerprint density at radius 1 is 1.17 bits per heavy atom. The number of hydrogen-bond donors (Lipinski definition) is 0. The topological polar surface area (TPSA) is 9.23 Å². The van der Waals surface area contributed by atoms with E-state index in [0.717, 1.165) is 13.2 Å². The van der Waals surface area contributed by atoms with Gasteiger partial charge in [0.2, 0.25) is 0 Å². The van der Waals surface area contributed by atoms with Crippen molar-refractivity contribution in [3.8, 4) is 0 Å². The summed E-state index contributed by atoms with van der Waals surface area (Å²) < 4.78 is 6.59. The zero-order chi connectivity index (χ0) is 12.8. The highest BCUT2D eigenvalue weighted by molar-refractivity contribution is 8.17. The highest BCUT2D eigenvalue weighted by Gasteiger charge is 2.32. The van der Waals surface area contributed by atoms with E-state index in [4.69, 9.17) is 4.74 Å². The van der Waals surface area contributed by atoms with Crippen LogP contribution >= 0.6 is 23.5 Å². The second-order valence-corrected chi connectivity index (χ2v) is 8.12. The summed E-state index contributed by atoms with van der Waals surface area (Å²) >= 11 is 4.20. The summed E-state index contributed by atoms with van der Waals surface area (Å²) in [7, 11) is 0. The van der Waals surface area contributed by atoms with Crippen LogP contribution in [0, 0.1) is 5.41 Å². The Kier molecular flexibility index (Phi) is 5.46. The summed E-state index contributed by atoms with van der Waals surface area (Å²) in [5.74, 6) is 2.61. The second-order valence-electron chi connectivity index (χ2n) is 5.39. The Hall–Kier alpha value is -0.120. The number of rotatable bonds is 5. The van der Waals surface area contributed by atoms with Gasteiger partial charge in [-0.15, -0.1) is 23.5 Å². The lowest BCUT2D eigenvalue weighted by atomic mass is 9.97. The molecule has 1 nitrogen and oxygen atoms in total. The summed E-state index contributed by atoms with van der Waals surface area (Å²) in [6.45, 7) is 6.22. The predicted octanol–water partition coefficient (Wildman–Crippen LogP) is 4.43. The molecule has 2 rings (SSSR count). The van der Waals surface area contributed by atoms with Crippen LogP contribution < -0.4 is 0 Å². The average molecular weight is 282 g/mol. The van der Waals surface area contributed by atoms with Crippen LogP contribution in [0.3, 0.4) is 0 Å². The first-order chi connectivity index (χ1) is 8.68. The van der Waals surface area contributed by atoms with Crippen LogP contribution in [-0.2, 0) is 11.3 Å². The average Bonchev–Trinajstić information content (AvgIpc) is 2.41. The monoisotopic (exact) mass is 282 g/mol. The van der Waals surface area contributed by atoms with Crippen LogP contribution in [0.4, 0.5) is 0 Å². The van der Waals surface area contributed by atoms with E-state index in [1.807, 2.05) is 6.07 Å². The Bertz CT molecular complexity index is 345. The molecular formula is C15H22OS2. The normalized spacial score (nSPS) is 17.9. The molecule has 1 fully saturated rings. The third-order valence-electron chi connectivity index (χ3n) is 3.05. The summed E-state index contributed by atoms with van der Waals surface area (Å²) in [6, 6.07) is 10.4. The molecule has 1 aromatic rings. The van der Waals surface area contributed by atoms with Gasteiger partial charge in [-0.3, -0.25) is 0 Å². The molecule has 0 bridgehead atoms. The van der Waals surface area contributed by atoms with Crippen LogP contribution in [0.2, 0.25) is 0 Å². The molecule has 1 saturated heterocycles. The minimum atomic E-state index is 0.254. The van der Waals surface area contributed by atoms with Crippen LogP contribution in [-0.4, -0.2) is 22.7 Å². The van der Waals surface area contributed by atoms with Crippen molar-refractivity contribution in [1.82, 2.24) is 0 Å². The lowest BCUT2D eigenvalue weighted by Gasteiger charge is -2.35. The van der Waals surface area contributed by atoms with Crippen molar-refractivity contribution in [2.24, 2.45) is 5.41 Å². The highest BCUT2D eigenvalue weighted by atomic mass is 32.2. The Balaban J connectivity index is 1.77. The first-order valence-corrected chi connectivity index (χ1v) is 8.63. The van der Waals surface area contributed by atoms with Crippen LogP contribution in [0.1, 0.15) is 25.8 Å². The van der Waals surface area contributed by atoms with E-state index in [2.05, 4.69) is 61.6 Å². The zero-order valence-electron chi connectivity index (χ0n) is 11.2. The number of ether oxygens (including phenoxy) is 1. The molecular weight excluding hydrogens is 260 g/mol. The second kappa shape index (κ2) is 6.88. The maximum Gasteiger partial charge on any atom is 0.0717 e. The molecule has 3 heteroatoms. The third kappa shape index (κ3) is 4.22. The number of hydrogen-bond acceptors (Lipinski definition) is 3. The first kappa shape index (κ1) is 14.3. The smallest absolute Gasteiger partial charge is 0.0717 e. The van der Waals surface area contributed by atoms with Crippen molar-refractivity contribution in [3.63, 3.8) is 0 Å². The van der Waals surface area contributed by atoms with E-state index in [9.17, 15) is 0 Å². The van der Waals surface area contributed by atoms with Crippen molar-refractivity contribution in [2.45, 2.75) is 31.5 Å². The molecule has 100 valence electrons. The minimum absolute atomic E-state index is 0.254. The summed E-state index contributed by atoms with van der Waals surface area (Å²) in [5.41, 5.74) is 1.52. The molecule has 1 heterocycles. The van der Waals surface area contributed by atoms with Crippen molar-refractivity contribution in [1.29, 1.82) is 0 Å². The fraction of sp³-hybridized carbons (Fsp3) is 0.600. The standard InChI is InChI=1S/C15H22OS2/c1-15(2,14-17-9-6-10-18-14)12-16-11-13-7-4-3-5-8-13/h3-5,7-8,14H,6,9-12H2,1-2H3. The van der Waals surface area contributed by atoms with Crippen molar-refractivity contribution in [3.05, 3.63) is 35.9 Å². The van der Waals surface area contributed by atoms with Crippen molar-refractivity contribution < 1.29 is 4.74 Å². The van der Waals surface area contributed by atoms with Gasteiger partial charge in [-0.05, 0) is 23.5 Å². The molecule has 18 heavy (non-hydrogen) atoms. The lowest BCUT2D eigenvalue weighted by Crippen LogP contribution is -2.31. The SMILES string of the molecule is CC(C)(COCc1ccccc1)C1SCCCS1. The lowest BCUT2D eigenvalue weighted by molar-refractivity contribution is 0.0587. The molecule has 1 aliphatic heterocycles. The van der Waals surface area contributed by atoms with E-state index in [1.54, 1.807) is 0 Å². The van der Waals surface area contributed by atoms with Crippen LogP contribution in [0.15, 0.2) is 30.3 Å². The predicted molar refractivity (Wildman–Crippen MR) is 83.2 cm³/mol. The molecule has 0 aromatic heterocycles. The largest absolute Gasteiger partial charge is 0.376 e. The summed E-state index contributed by atoms with van der Waals surface area (Å²) in [6.07, 6.45) is 1.35. The fourth-order valence-corrected chi connectivity index (χ4v) is 5.25. The Morgan fingerprint density at radius 3 is 2.50 bits per heavy atom. The van der Waals surface area contributed by atoms with Crippen LogP contribution in [0.25, 0.3) is 0 Å². The quantitative estimate of drug-likeness (QED) is 0.791. The number of thioether (sulfide) groups is 2. The Morgan fingerprint density at radius 2 is 1.83 bits per heavy atom. The molecule has 0 atom stereocenters. The Labute approximate surface area is 119 Å². The molecule has 0 aliphatic carbocycles. The van der Waals surface area contributed by atoms with Gasteiger partial charge in [0.15, 0.2) is 0 Å². The summed E-state index contributed by atoms with van der Waals surface area (Å²) in [4.78, 5) is 0. The molecule has 1 aromatic carbocycles. The van der Waals surface area contributed by atoms with Gasteiger partial charge in [-0.1, -0.05) is 44.2 Å². The van der Waals surface area contributed by atoms with E-state index in [1.165, 1.54) is 23.5 Å². The van der Waals surface area contributed by atoms with E-state index < -0.39 is 0 Å². The van der Waals surface area contributed by atoms with Gasteiger partial charge >= 0.3 is 0 Å². The van der Waals surface area contributed by atoms with E-state index >= 15 is 0 Å². The molecule has 0 saturated carbocycles. The van der Waals surface area contributed by atoms with Gasteiger partial charge in [0.25, 0.3) is 0 Å². The van der Waals surface area contributed by atoms with Gasteiger partial charge in [-0.2, -0.15) is 0 Å². The van der Waals surface area contributed by atoms with Crippen molar-refractivity contribution >= 4 is 23.5 Å². The maximum atomic E-state index is 5.91. The van der Waals surface area contributed by atoms with Gasteiger partial charge in [0, 0.05) is 5.41 Å². The molecule has 0 unspecified atom stereocenters. The molecule has 0 N–H and O–H groups in total. The molecule has 0 amide bonds. The van der Waals surface area contributed by atoms with E-state index in [-0.39, 0.29) is 5.41 Å².